The molecule has 318 valence electrons. The Hall–Kier alpha value is -6.24. The smallest absolute Gasteiger partial charge is 0.283 e. The summed E-state index contributed by atoms with van der Waals surface area (Å²) < 4.78 is 6.71. The number of H-pyrrole nitrogens is 1. The maximum absolute atomic E-state index is 14.2. The number of nitro groups is 1. The van der Waals surface area contributed by atoms with E-state index < -0.39 is 99.3 Å². The molecule has 1 aromatic heterocycles. The number of aromatic nitrogens is 2. The first kappa shape index (κ1) is 45.5. The van der Waals surface area contributed by atoms with Crippen molar-refractivity contribution < 1.29 is 38.4 Å². The first-order chi connectivity index (χ1) is 27.9. The molecule has 4 rings (SSSR count). The molecule has 2 heterocycles. The van der Waals surface area contributed by atoms with Gasteiger partial charge in [0.25, 0.3) is 16.8 Å². The predicted octanol–water partition coefficient (Wildman–Crippen LogP) is 0.960. The maximum atomic E-state index is 14.2. The van der Waals surface area contributed by atoms with E-state index in [1.807, 2.05) is 30.3 Å². The number of nitro benzene ring substituents is 1. The number of hydrogen-bond donors (Lipinski definition) is 6. The highest BCUT2D eigenvalue weighted by Crippen LogP contribution is 2.20. The molecule has 1 saturated heterocycles. The zero-order chi connectivity index (χ0) is 43.6. The Labute approximate surface area is 339 Å². The van der Waals surface area contributed by atoms with Crippen LogP contribution in [0, 0.1) is 27.9 Å². The van der Waals surface area contributed by atoms with Crippen molar-refractivity contribution in [2.24, 2.45) is 17.8 Å². The number of carbonyl (C=O) groups is 6. The summed E-state index contributed by atoms with van der Waals surface area (Å²) in [7, 11) is 0. The maximum Gasteiger partial charge on any atom is 0.283 e. The fourth-order valence-electron chi connectivity index (χ4n) is 6.81. The van der Waals surface area contributed by atoms with E-state index in [0.717, 1.165) is 11.6 Å². The number of nitrogens with zero attached hydrogens (tertiary/aromatic N) is 2. The summed E-state index contributed by atoms with van der Waals surface area (Å²) in [5.74, 6) is -5.09. The fraction of sp³-hybridized carbons (Fsp3) is 0.500. The van der Waals surface area contributed by atoms with Gasteiger partial charge in [-0.15, -0.1) is 0 Å². The summed E-state index contributed by atoms with van der Waals surface area (Å²) in [6.07, 6.45) is -0.719. The first-order valence-electron chi connectivity index (χ1n) is 19.4. The summed E-state index contributed by atoms with van der Waals surface area (Å²) in [6.45, 7) is 9.52. The zero-order valence-corrected chi connectivity index (χ0v) is 33.9. The van der Waals surface area contributed by atoms with E-state index >= 15 is 0 Å². The van der Waals surface area contributed by atoms with Gasteiger partial charge in [0.2, 0.25) is 29.5 Å². The van der Waals surface area contributed by atoms with Gasteiger partial charge in [-0.05, 0) is 49.7 Å². The van der Waals surface area contributed by atoms with Gasteiger partial charge in [0.05, 0.1) is 29.1 Å². The van der Waals surface area contributed by atoms with Crippen molar-refractivity contribution in [3.63, 3.8) is 0 Å². The molecule has 0 saturated carbocycles. The standard InChI is InChI=1S/C40H52N8O11/c1-21(2)17-29(44-39(55)34(23(5)59-20-25-11-8-7-9-12-25)45-38(54)33(22(3)4)42-24(6)49)36(52)43-28(18-26-15-16-41-35(26)51)31(50)19-47-40(56)27-13-10-14-30(48(57)58)32(27)37(53)46-47/h7-14,21-23,26,28-29,33-34H,15-20H2,1-6H3,(H,41,51)(H,42,49)(H,43,52)(H,44,55)(H,45,54)(H,46,53)/t23-,26+,28+,29+,33+,34+/m1/s1. The zero-order valence-electron chi connectivity index (χ0n) is 33.9. The molecule has 0 unspecified atom stereocenters. The summed E-state index contributed by atoms with van der Waals surface area (Å²) in [5, 5.41) is 26.3. The van der Waals surface area contributed by atoms with Crippen LogP contribution in [0.5, 0.6) is 0 Å². The van der Waals surface area contributed by atoms with E-state index in [2.05, 4.69) is 31.7 Å². The monoisotopic (exact) mass is 820 g/mol. The molecule has 0 spiro atoms. The molecule has 0 aliphatic carbocycles. The number of benzene rings is 2. The molecule has 6 N–H and O–H groups in total. The summed E-state index contributed by atoms with van der Waals surface area (Å²) >= 11 is 0. The Bertz CT molecular complexity index is 2170. The summed E-state index contributed by atoms with van der Waals surface area (Å²) in [6, 6.07) is 7.58. The lowest BCUT2D eigenvalue weighted by atomic mass is 9.94. The predicted molar refractivity (Wildman–Crippen MR) is 215 cm³/mol. The van der Waals surface area contributed by atoms with Gasteiger partial charge in [0.1, 0.15) is 30.1 Å². The minimum Gasteiger partial charge on any atom is -0.371 e. The van der Waals surface area contributed by atoms with Crippen LogP contribution in [-0.4, -0.2) is 86.8 Å². The molecule has 59 heavy (non-hydrogen) atoms. The third-order valence-electron chi connectivity index (χ3n) is 9.93. The van der Waals surface area contributed by atoms with Crippen molar-refractivity contribution >= 4 is 51.8 Å². The van der Waals surface area contributed by atoms with Crippen LogP contribution in [-0.2, 0) is 46.7 Å². The van der Waals surface area contributed by atoms with Crippen molar-refractivity contribution in [2.45, 2.75) is 104 Å². The number of ether oxygens (including phenoxy) is 1. The van der Waals surface area contributed by atoms with Crippen LogP contribution in [0.2, 0.25) is 0 Å². The summed E-state index contributed by atoms with van der Waals surface area (Å²) in [5.41, 5.74) is -1.69. The number of aromatic amines is 1. The second-order valence-corrected chi connectivity index (χ2v) is 15.4. The van der Waals surface area contributed by atoms with Crippen LogP contribution in [0.25, 0.3) is 10.8 Å². The van der Waals surface area contributed by atoms with Crippen molar-refractivity contribution in [1.29, 1.82) is 0 Å². The average molecular weight is 821 g/mol. The van der Waals surface area contributed by atoms with E-state index in [9.17, 15) is 48.5 Å². The molecule has 19 heteroatoms. The quantitative estimate of drug-likeness (QED) is 0.0690. The number of nitrogens with one attached hydrogen (secondary N) is 6. The van der Waals surface area contributed by atoms with Crippen molar-refractivity contribution in [3.8, 4) is 0 Å². The molecule has 0 bridgehead atoms. The van der Waals surface area contributed by atoms with Crippen LogP contribution in [0.3, 0.4) is 0 Å². The number of ketones is 1. The molecule has 5 amide bonds. The molecule has 1 fully saturated rings. The van der Waals surface area contributed by atoms with Gasteiger partial charge in [0.15, 0.2) is 5.78 Å². The van der Waals surface area contributed by atoms with Gasteiger partial charge < -0.3 is 31.3 Å². The first-order valence-corrected chi connectivity index (χ1v) is 19.4. The van der Waals surface area contributed by atoms with Gasteiger partial charge in [-0.2, -0.15) is 0 Å². The lowest BCUT2D eigenvalue weighted by molar-refractivity contribution is -0.383. The van der Waals surface area contributed by atoms with Gasteiger partial charge in [0, 0.05) is 25.5 Å². The lowest BCUT2D eigenvalue weighted by Crippen LogP contribution is -2.61. The van der Waals surface area contributed by atoms with E-state index in [1.54, 1.807) is 34.6 Å². The Kier molecular flexibility index (Phi) is 15.8. The minimum atomic E-state index is -1.40. The van der Waals surface area contributed by atoms with E-state index in [4.69, 9.17) is 4.74 Å². The molecule has 2 aromatic carbocycles. The molecular formula is C40H52N8O11. The van der Waals surface area contributed by atoms with E-state index in [-0.39, 0.29) is 42.6 Å². The number of fused-ring (bicyclic) bond motifs is 1. The van der Waals surface area contributed by atoms with Crippen molar-refractivity contribution in [3.05, 3.63) is 84.9 Å². The molecule has 3 aromatic rings. The average Bonchev–Trinajstić information content (AvgIpc) is 3.59. The number of amides is 5. The van der Waals surface area contributed by atoms with Crippen LogP contribution < -0.4 is 37.7 Å². The lowest BCUT2D eigenvalue weighted by Gasteiger charge is -2.30. The van der Waals surface area contributed by atoms with Gasteiger partial charge in [-0.3, -0.25) is 53.6 Å². The van der Waals surface area contributed by atoms with Crippen LogP contribution in [0.4, 0.5) is 5.69 Å². The van der Waals surface area contributed by atoms with Crippen LogP contribution >= 0.6 is 0 Å². The Morgan fingerprint density at radius 1 is 0.864 bits per heavy atom. The van der Waals surface area contributed by atoms with Gasteiger partial charge >= 0.3 is 0 Å². The second kappa shape index (κ2) is 20.4. The molecule has 19 nitrogen and oxygen atoms in total. The number of Topliss-reactive ketones (excluding diaryl/α,β-unsaturated/α-hetero) is 1. The highest BCUT2D eigenvalue weighted by Gasteiger charge is 2.37. The fourth-order valence-corrected chi connectivity index (χ4v) is 6.81. The number of hydrogen-bond acceptors (Lipinski definition) is 11. The van der Waals surface area contributed by atoms with E-state index in [0.29, 0.717) is 17.6 Å². The largest absolute Gasteiger partial charge is 0.371 e. The Balaban J connectivity index is 1.63. The highest BCUT2D eigenvalue weighted by atomic mass is 16.6. The third kappa shape index (κ3) is 12.1. The number of carbonyl (C=O) groups excluding carboxylic acids is 6. The van der Waals surface area contributed by atoms with Crippen molar-refractivity contribution in [1.82, 2.24) is 36.4 Å². The third-order valence-corrected chi connectivity index (χ3v) is 9.93. The van der Waals surface area contributed by atoms with Crippen molar-refractivity contribution in [2.75, 3.05) is 6.54 Å². The summed E-state index contributed by atoms with van der Waals surface area (Å²) in [4.78, 5) is 118. The molecule has 1 aliphatic heterocycles. The Morgan fingerprint density at radius 3 is 2.12 bits per heavy atom. The Morgan fingerprint density at radius 2 is 1.53 bits per heavy atom. The van der Waals surface area contributed by atoms with Crippen LogP contribution in [0.1, 0.15) is 66.4 Å². The molecule has 0 radical (unpaired) electrons. The second-order valence-electron chi connectivity index (χ2n) is 15.4. The normalized spacial score (nSPS) is 16.4. The topological polar surface area (TPSA) is 270 Å². The van der Waals surface area contributed by atoms with Gasteiger partial charge in [-0.25, -0.2) is 4.68 Å². The van der Waals surface area contributed by atoms with Gasteiger partial charge in [-0.1, -0.05) is 64.1 Å². The number of non-ortho nitro benzene ring substituents is 1. The minimum absolute atomic E-state index is 0.0685. The molecule has 1 aliphatic rings. The number of rotatable bonds is 20. The highest BCUT2D eigenvalue weighted by molar-refractivity contribution is 5.96. The van der Waals surface area contributed by atoms with E-state index in [1.165, 1.54) is 19.1 Å². The molecular weight excluding hydrogens is 768 g/mol. The molecule has 6 atom stereocenters. The SMILES string of the molecule is CC(=O)N[C@H](C(=O)N[C@H](C(=O)N[C@@H](CC(C)C)C(=O)N[C@@H](C[C@@H]1CCNC1=O)C(=O)Cn1[nH]c(=O)c2c([N+](=O)[O-])cccc2c1=O)[C@@H](C)OCc1ccccc1)C(C)C. The van der Waals surface area contributed by atoms with Crippen LogP contribution in [0.15, 0.2) is 58.1 Å².